The number of carbonyl (C=O) groups is 1. The van der Waals surface area contributed by atoms with E-state index in [0.717, 1.165) is 25.1 Å². The molecule has 132 valence electrons. The summed E-state index contributed by atoms with van der Waals surface area (Å²) in [6.45, 7) is 2.72. The van der Waals surface area contributed by atoms with Crippen LogP contribution < -0.4 is 0 Å². The van der Waals surface area contributed by atoms with Crippen molar-refractivity contribution in [3.8, 4) is 5.69 Å². The fourth-order valence-electron chi connectivity index (χ4n) is 4.50. The Labute approximate surface area is 153 Å². The Morgan fingerprint density at radius 1 is 1.12 bits per heavy atom. The molecule has 0 spiro atoms. The molecule has 4 nitrogen and oxygen atoms in total. The summed E-state index contributed by atoms with van der Waals surface area (Å²) in [7, 11) is 0. The Balaban J connectivity index is 1.67. The number of fused-ring (bicyclic) bond motifs is 1. The maximum atomic E-state index is 13.3. The highest BCUT2D eigenvalue weighted by atomic mass is 35.5. The van der Waals surface area contributed by atoms with Crippen LogP contribution in [0.4, 0.5) is 0 Å². The summed E-state index contributed by atoms with van der Waals surface area (Å²) in [6.07, 6.45) is 7.25. The Hall–Kier alpha value is -1.81. The molecule has 1 saturated carbocycles. The maximum Gasteiger partial charge on any atom is 0.259 e. The van der Waals surface area contributed by atoms with Gasteiger partial charge in [0.15, 0.2) is 0 Å². The summed E-state index contributed by atoms with van der Waals surface area (Å²) in [5.41, 5.74) is 2.15. The molecule has 1 aromatic carbocycles. The molecule has 2 heterocycles. The second kappa shape index (κ2) is 6.83. The molecule has 1 saturated heterocycles. The number of aromatic nitrogens is 2. The molecular formula is C20H24ClN3O. The van der Waals surface area contributed by atoms with Gasteiger partial charge in [-0.3, -0.25) is 4.79 Å². The third-order valence-corrected chi connectivity index (χ3v) is 6.07. The molecular weight excluding hydrogens is 334 g/mol. The predicted octanol–water partition coefficient (Wildman–Crippen LogP) is 4.63. The van der Waals surface area contributed by atoms with Gasteiger partial charge in [0.05, 0.1) is 16.9 Å². The predicted molar refractivity (Wildman–Crippen MR) is 99.3 cm³/mol. The smallest absolute Gasteiger partial charge is 0.259 e. The maximum absolute atomic E-state index is 13.3. The molecule has 25 heavy (non-hydrogen) atoms. The standard InChI is InChI=1S/C20H24ClN3O/c1-14-18(19(21)24(22-14)16-10-3-2-4-11-16)20(25)23-13-7-9-15-8-5-6-12-17(15)23/h2-4,10-11,15,17H,5-9,12-13H2,1H3/t15-,17-/m1/s1. The number of benzene rings is 1. The summed E-state index contributed by atoms with van der Waals surface area (Å²) in [4.78, 5) is 15.4. The van der Waals surface area contributed by atoms with E-state index < -0.39 is 0 Å². The van der Waals surface area contributed by atoms with Gasteiger partial charge in [-0.1, -0.05) is 42.6 Å². The third-order valence-electron chi connectivity index (χ3n) is 5.72. The van der Waals surface area contributed by atoms with Crippen molar-refractivity contribution >= 4 is 17.5 Å². The van der Waals surface area contributed by atoms with Crippen LogP contribution in [0.2, 0.25) is 5.15 Å². The molecule has 2 fully saturated rings. The van der Waals surface area contributed by atoms with Crippen LogP contribution in [-0.4, -0.2) is 33.2 Å². The van der Waals surface area contributed by atoms with Crippen LogP contribution in [-0.2, 0) is 0 Å². The summed E-state index contributed by atoms with van der Waals surface area (Å²) in [5.74, 6) is 0.719. The molecule has 1 aromatic heterocycles. The zero-order valence-electron chi connectivity index (χ0n) is 14.6. The van der Waals surface area contributed by atoms with Crippen LogP contribution in [0.1, 0.15) is 54.6 Å². The average molecular weight is 358 g/mol. The van der Waals surface area contributed by atoms with Crippen molar-refractivity contribution in [3.63, 3.8) is 0 Å². The van der Waals surface area contributed by atoms with Crippen molar-refractivity contribution in [1.29, 1.82) is 0 Å². The molecule has 0 N–H and O–H groups in total. The van der Waals surface area contributed by atoms with E-state index in [9.17, 15) is 4.79 Å². The number of carbonyl (C=O) groups excluding carboxylic acids is 1. The fraction of sp³-hybridized carbons (Fsp3) is 0.500. The highest BCUT2D eigenvalue weighted by molar-refractivity contribution is 6.33. The van der Waals surface area contributed by atoms with Gasteiger partial charge in [-0.25, -0.2) is 4.68 Å². The van der Waals surface area contributed by atoms with Gasteiger partial charge >= 0.3 is 0 Å². The van der Waals surface area contributed by atoms with E-state index in [1.165, 1.54) is 25.7 Å². The van der Waals surface area contributed by atoms with Gasteiger partial charge in [0.25, 0.3) is 5.91 Å². The number of halogens is 1. The van der Waals surface area contributed by atoms with E-state index in [1.54, 1.807) is 4.68 Å². The monoisotopic (exact) mass is 357 g/mol. The minimum Gasteiger partial charge on any atom is -0.335 e. The SMILES string of the molecule is Cc1nn(-c2ccccc2)c(Cl)c1C(=O)N1CCC[C@H]2CCCC[C@H]21. The quantitative estimate of drug-likeness (QED) is 0.786. The molecule has 0 bridgehead atoms. The lowest BCUT2D eigenvalue weighted by molar-refractivity contribution is 0.0390. The van der Waals surface area contributed by atoms with Gasteiger partial charge < -0.3 is 4.90 Å². The van der Waals surface area contributed by atoms with Gasteiger partial charge in [-0.05, 0) is 50.7 Å². The van der Waals surface area contributed by atoms with E-state index in [1.807, 2.05) is 37.3 Å². The van der Waals surface area contributed by atoms with Crippen LogP contribution in [0.15, 0.2) is 30.3 Å². The zero-order chi connectivity index (χ0) is 17.4. The van der Waals surface area contributed by atoms with Crippen molar-refractivity contribution < 1.29 is 4.79 Å². The zero-order valence-corrected chi connectivity index (χ0v) is 15.4. The first-order chi connectivity index (χ1) is 12.2. The highest BCUT2D eigenvalue weighted by Gasteiger charge is 2.37. The van der Waals surface area contributed by atoms with Crippen molar-refractivity contribution in [2.75, 3.05) is 6.54 Å². The second-order valence-corrected chi connectivity index (χ2v) is 7.61. The minimum absolute atomic E-state index is 0.0567. The summed E-state index contributed by atoms with van der Waals surface area (Å²) < 4.78 is 1.67. The first-order valence-corrected chi connectivity index (χ1v) is 9.66. The van der Waals surface area contributed by atoms with E-state index in [0.29, 0.717) is 28.4 Å². The van der Waals surface area contributed by atoms with Gasteiger partial charge in [0.2, 0.25) is 0 Å². The number of piperidine rings is 1. The normalized spacial score (nSPS) is 23.4. The van der Waals surface area contributed by atoms with Crippen LogP contribution in [0.25, 0.3) is 5.69 Å². The Morgan fingerprint density at radius 3 is 2.64 bits per heavy atom. The lowest BCUT2D eigenvalue weighted by Gasteiger charge is -2.44. The van der Waals surface area contributed by atoms with Crippen LogP contribution >= 0.6 is 11.6 Å². The Bertz CT molecular complexity index is 769. The second-order valence-electron chi connectivity index (χ2n) is 7.25. The lowest BCUT2D eigenvalue weighted by Crippen LogP contribution is -2.49. The largest absolute Gasteiger partial charge is 0.335 e. The van der Waals surface area contributed by atoms with Crippen LogP contribution in [0.5, 0.6) is 0 Å². The van der Waals surface area contributed by atoms with Gasteiger partial charge in [0.1, 0.15) is 5.15 Å². The number of hydrogen-bond acceptors (Lipinski definition) is 2. The molecule has 2 aromatic rings. The first kappa shape index (κ1) is 16.6. The molecule has 0 radical (unpaired) electrons. The topological polar surface area (TPSA) is 38.1 Å². The number of nitrogens with zero attached hydrogens (tertiary/aromatic N) is 3. The van der Waals surface area contributed by atoms with Crippen LogP contribution in [0.3, 0.4) is 0 Å². The molecule has 1 amide bonds. The molecule has 5 heteroatoms. The summed E-state index contributed by atoms with van der Waals surface area (Å²) in [6, 6.07) is 10.1. The van der Waals surface area contributed by atoms with E-state index in [4.69, 9.17) is 11.6 Å². The number of likely N-dealkylation sites (tertiary alicyclic amines) is 1. The lowest BCUT2D eigenvalue weighted by atomic mass is 9.78. The van der Waals surface area contributed by atoms with Crippen molar-refractivity contribution in [1.82, 2.24) is 14.7 Å². The average Bonchev–Trinajstić information content (AvgIpc) is 2.96. The number of amides is 1. The minimum atomic E-state index is 0.0567. The summed E-state index contributed by atoms with van der Waals surface area (Å²) >= 11 is 6.61. The molecule has 4 rings (SSSR count). The molecule has 1 aliphatic carbocycles. The van der Waals surface area contributed by atoms with Crippen molar-refractivity contribution in [2.45, 2.75) is 51.5 Å². The third kappa shape index (κ3) is 2.97. The van der Waals surface area contributed by atoms with E-state index >= 15 is 0 Å². The van der Waals surface area contributed by atoms with Crippen molar-refractivity contribution in [3.05, 3.63) is 46.7 Å². The van der Waals surface area contributed by atoms with E-state index in [-0.39, 0.29) is 5.91 Å². The first-order valence-electron chi connectivity index (χ1n) is 9.28. The van der Waals surface area contributed by atoms with E-state index in [2.05, 4.69) is 10.00 Å². The highest BCUT2D eigenvalue weighted by Crippen LogP contribution is 2.37. The van der Waals surface area contributed by atoms with Gasteiger partial charge in [-0.2, -0.15) is 5.10 Å². The van der Waals surface area contributed by atoms with Gasteiger partial charge in [0, 0.05) is 12.6 Å². The number of hydrogen-bond donors (Lipinski definition) is 0. The van der Waals surface area contributed by atoms with Gasteiger partial charge in [-0.15, -0.1) is 0 Å². The van der Waals surface area contributed by atoms with Crippen molar-refractivity contribution in [2.24, 2.45) is 5.92 Å². The number of para-hydroxylation sites is 1. The molecule has 2 aliphatic rings. The molecule has 2 atom stereocenters. The molecule has 0 unspecified atom stereocenters. The summed E-state index contributed by atoms with van der Waals surface area (Å²) in [5, 5.41) is 4.96. The Morgan fingerprint density at radius 2 is 1.84 bits per heavy atom. The number of rotatable bonds is 2. The Kier molecular flexibility index (Phi) is 4.55. The van der Waals surface area contributed by atoms with Crippen LogP contribution in [0, 0.1) is 12.8 Å². The fourth-order valence-corrected chi connectivity index (χ4v) is 4.86. The molecule has 1 aliphatic heterocycles. The number of aryl methyl sites for hydroxylation is 1.